The molecule has 33 heavy (non-hydrogen) atoms. The second-order valence-electron chi connectivity index (χ2n) is 8.99. The molecular formula is C25H29ClN6O. The topological polar surface area (TPSA) is 67.3 Å². The molecule has 0 bridgehead atoms. The van der Waals surface area contributed by atoms with E-state index in [0.717, 1.165) is 91.0 Å². The van der Waals surface area contributed by atoms with Gasteiger partial charge in [0.2, 0.25) is 5.95 Å². The van der Waals surface area contributed by atoms with Crippen molar-refractivity contribution in [1.29, 1.82) is 0 Å². The standard InChI is InChI=1S/C25H29ClN6O/c1-16-9-17(2)24(28-11-16)20-10-23(27-13-21(20)26)31-7-5-22-19(15-31)12-29-25(30-22)32-6-4-8-33-18(3)14-32/h9-13,18H,4-8,14-15H2,1-3H3. The number of aromatic nitrogens is 4. The van der Waals surface area contributed by atoms with Crippen LogP contribution in [0.2, 0.25) is 5.02 Å². The lowest BCUT2D eigenvalue weighted by atomic mass is 10.0. The van der Waals surface area contributed by atoms with Crippen molar-refractivity contribution < 1.29 is 4.74 Å². The first-order valence-corrected chi connectivity index (χ1v) is 11.9. The molecule has 7 nitrogen and oxygen atoms in total. The quantitative estimate of drug-likeness (QED) is 0.569. The molecule has 2 aliphatic rings. The van der Waals surface area contributed by atoms with Crippen molar-refractivity contribution in [3.8, 4) is 11.3 Å². The van der Waals surface area contributed by atoms with Gasteiger partial charge in [0.1, 0.15) is 5.82 Å². The number of anilines is 2. The molecule has 1 saturated heterocycles. The monoisotopic (exact) mass is 464 g/mol. The van der Waals surface area contributed by atoms with Crippen LogP contribution in [0.5, 0.6) is 0 Å². The zero-order valence-electron chi connectivity index (χ0n) is 19.4. The van der Waals surface area contributed by atoms with Crippen molar-refractivity contribution in [2.45, 2.75) is 46.3 Å². The Hall–Kier alpha value is -2.77. The summed E-state index contributed by atoms with van der Waals surface area (Å²) < 4.78 is 5.77. The minimum atomic E-state index is 0.194. The Morgan fingerprint density at radius 1 is 1.03 bits per heavy atom. The fourth-order valence-electron chi connectivity index (χ4n) is 4.61. The van der Waals surface area contributed by atoms with Crippen LogP contribution in [0.15, 0.2) is 30.7 Å². The summed E-state index contributed by atoms with van der Waals surface area (Å²) in [5.74, 6) is 1.71. The molecule has 3 aromatic heterocycles. The Morgan fingerprint density at radius 2 is 1.91 bits per heavy atom. The van der Waals surface area contributed by atoms with Crippen LogP contribution in [0.3, 0.4) is 0 Å². The molecule has 1 atom stereocenters. The molecule has 0 saturated carbocycles. The van der Waals surface area contributed by atoms with Gasteiger partial charge in [-0.15, -0.1) is 0 Å². The Kier molecular flexibility index (Phi) is 6.17. The number of hydrogen-bond donors (Lipinski definition) is 0. The Bertz CT molecular complexity index is 1170. The van der Waals surface area contributed by atoms with Crippen molar-refractivity contribution in [2.24, 2.45) is 0 Å². The maximum Gasteiger partial charge on any atom is 0.225 e. The summed E-state index contributed by atoms with van der Waals surface area (Å²) >= 11 is 6.52. The minimum absolute atomic E-state index is 0.194. The maximum absolute atomic E-state index is 6.52. The Morgan fingerprint density at radius 3 is 2.76 bits per heavy atom. The van der Waals surface area contributed by atoms with E-state index >= 15 is 0 Å². The van der Waals surface area contributed by atoms with Crippen molar-refractivity contribution in [1.82, 2.24) is 19.9 Å². The number of nitrogens with zero attached hydrogens (tertiary/aromatic N) is 6. The van der Waals surface area contributed by atoms with Gasteiger partial charge in [0, 0.05) is 68.9 Å². The summed E-state index contributed by atoms with van der Waals surface area (Å²) in [6.07, 6.45) is 7.62. The third-order valence-corrected chi connectivity index (χ3v) is 6.59. The van der Waals surface area contributed by atoms with E-state index in [0.29, 0.717) is 5.02 Å². The molecule has 0 radical (unpaired) electrons. The molecule has 8 heteroatoms. The van der Waals surface area contributed by atoms with Crippen molar-refractivity contribution in [2.75, 3.05) is 36.0 Å². The van der Waals surface area contributed by atoms with Gasteiger partial charge in [-0.1, -0.05) is 17.7 Å². The summed E-state index contributed by atoms with van der Waals surface area (Å²) in [6.45, 7) is 10.3. The highest BCUT2D eigenvalue weighted by molar-refractivity contribution is 6.33. The maximum atomic E-state index is 6.52. The highest BCUT2D eigenvalue weighted by Gasteiger charge is 2.23. The summed E-state index contributed by atoms with van der Waals surface area (Å²) in [5.41, 5.74) is 6.32. The van der Waals surface area contributed by atoms with E-state index < -0.39 is 0 Å². The van der Waals surface area contributed by atoms with Crippen LogP contribution in [0.1, 0.15) is 35.7 Å². The molecule has 5 rings (SSSR count). The lowest BCUT2D eigenvalue weighted by molar-refractivity contribution is 0.0820. The normalized spacial score (nSPS) is 18.7. The second-order valence-corrected chi connectivity index (χ2v) is 9.40. The molecule has 3 aromatic rings. The molecule has 0 N–H and O–H groups in total. The summed E-state index contributed by atoms with van der Waals surface area (Å²) in [4.78, 5) is 23.4. The van der Waals surface area contributed by atoms with E-state index in [-0.39, 0.29) is 6.10 Å². The molecule has 0 aliphatic carbocycles. The van der Waals surface area contributed by atoms with Crippen LogP contribution in [-0.2, 0) is 17.7 Å². The van der Waals surface area contributed by atoms with Crippen LogP contribution < -0.4 is 9.80 Å². The predicted octanol–water partition coefficient (Wildman–Crippen LogP) is 4.38. The lowest BCUT2D eigenvalue weighted by Crippen LogP contribution is -2.34. The highest BCUT2D eigenvalue weighted by atomic mass is 35.5. The molecule has 0 spiro atoms. The van der Waals surface area contributed by atoms with E-state index in [1.807, 2.05) is 25.4 Å². The van der Waals surface area contributed by atoms with Gasteiger partial charge in [0.25, 0.3) is 0 Å². The second kappa shape index (κ2) is 9.23. The van der Waals surface area contributed by atoms with Gasteiger partial charge in [-0.05, 0) is 44.4 Å². The number of aryl methyl sites for hydroxylation is 2. The average molecular weight is 465 g/mol. The number of pyridine rings is 2. The van der Waals surface area contributed by atoms with Gasteiger partial charge in [-0.3, -0.25) is 4.98 Å². The van der Waals surface area contributed by atoms with Gasteiger partial charge in [0.15, 0.2) is 0 Å². The zero-order chi connectivity index (χ0) is 22.9. The van der Waals surface area contributed by atoms with Gasteiger partial charge in [-0.2, -0.15) is 0 Å². The van der Waals surface area contributed by atoms with E-state index in [1.54, 1.807) is 6.20 Å². The summed E-state index contributed by atoms with van der Waals surface area (Å²) in [7, 11) is 0. The third-order valence-electron chi connectivity index (χ3n) is 6.29. The molecular weight excluding hydrogens is 436 g/mol. The molecule has 2 aliphatic heterocycles. The number of fused-ring (bicyclic) bond motifs is 1. The Balaban J connectivity index is 1.38. The number of hydrogen-bond acceptors (Lipinski definition) is 7. The number of halogens is 1. The highest BCUT2D eigenvalue weighted by Crippen LogP contribution is 2.33. The first kappa shape index (κ1) is 22.0. The van der Waals surface area contributed by atoms with Crippen molar-refractivity contribution in [3.05, 3.63) is 58.1 Å². The molecule has 5 heterocycles. The predicted molar refractivity (Wildman–Crippen MR) is 131 cm³/mol. The fraction of sp³-hybridized carbons (Fsp3) is 0.440. The number of ether oxygens (including phenoxy) is 1. The first-order chi connectivity index (χ1) is 16.0. The van der Waals surface area contributed by atoms with Gasteiger partial charge >= 0.3 is 0 Å². The van der Waals surface area contributed by atoms with E-state index in [9.17, 15) is 0 Å². The molecule has 1 unspecified atom stereocenters. The smallest absolute Gasteiger partial charge is 0.225 e. The molecule has 0 amide bonds. The largest absolute Gasteiger partial charge is 0.377 e. The minimum Gasteiger partial charge on any atom is -0.377 e. The SMILES string of the molecule is Cc1cnc(-c2cc(N3CCc4nc(N5CCCOC(C)C5)ncc4C3)ncc2Cl)c(C)c1. The van der Waals surface area contributed by atoms with Gasteiger partial charge < -0.3 is 14.5 Å². The van der Waals surface area contributed by atoms with E-state index in [2.05, 4.69) is 39.7 Å². The van der Waals surface area contributed by atoms with Gasteiger partial charge in [-0.25, -0.2) is 15.0 Å². The van der Waals surface area contributed by atoms with Crippen molar-refractivity contribution >= 4 is 23.4 Å². The fourth-order valence-corrected chi connectivity index (χ4v) is 4.80. The summed E-state index contributed by atoms with van der Waals surface area (Å²) in [6, 6.07) is 4.17. The van der Waals surface area contributed by atoms with Crippen LogP contribution in [-0.4, -0.2) is 52.3 Å². The molecule has 1 fully saturated rings. The van der Waals surface area contributed by atoms with Gasteiger partial charge in [0.05, 0.1) is 22.5 Å². The van der Waals surface area contributed by atoms with Crippen LogP contribution >= 0.6 is 11.6 Å². The average Bonchev–Trinajstić information content (AvgIpc) is 3.03. The molecule has 0 aromatic carbocycles. The Labute approximate surface area is 199 Å². The van der Waals surface area contributed by atoms with Crippen LogP contribution in [0.25, 0.3) is 11.3 Å². The zero-order valence-corrected chi connectivity index (χ0v) is 20.1. The van der Waals surface area contributed by atoms with Crippen molar-refractivity contribution in [3.63, 3.8) is 0 Å². The van der Waals surface area contributed by atoms with E-state index in [1.165, 1.54) is 0 Å². The summed E-state index contributed by atoms with van der Waals surface area (Å²) in [5, 5.41) is 0.610. The first-order valence-electron chi connectivity index (χ1n) is 11.5. The number of rotatable bonds is 3. The molecule has 172 valence electrons. The van der Waals surface area contributed by atoms with Crippen LogP contribution in [0.4, 0.5) is 11.8 Å². The third kappa shape index (κ3) is 4.66. The lowest BCUT2D eigenvalue weighted by Gasteiger charge is -2.30. The van der Waals surface area contributed by atoms with E-state index in [4.69, 9.17) is 26.3 Å². The van der Waals surface area contributed by atoms with Crippen LogP contribution in [0, 0.1) is 13.8 Å².